The number of halogens is 5. The second kappa shape index (κ2) is 8.49. The molecule has 0 aliphatic heterocycles. The van der Waals surface area contributed by atoms with E-state index >= 15 is 0 Å². The van der Waals surface area contributed by atoms with Gasteiger partial charge in [0.05, 0.1) is 0 Å². The molecular formula is C14H9F5N3O3SY-. The Balaban J connectivity index is 0.00000364. The van der Waals surface area contributed by atoms with Gasteiger partial charge in [0.1, 0.15) is 0 Å². The van der Waals surface area contributed by atoms with Crippen molar-refractivity contribution in [2.75, 3.05) is 10.0 Å². The minimum Gasteiger partial charge on any atom is -0.447 e. The number of hydrogen-bond acceptors (Lipinski definition) is 3. The molecule has 0 unspecified atom stereocenters. The molecule has 0 bridgehead atoms. The van der Waals surface area contributed by atoms with Gasteiger partial charge < -0.3 is 11.1 Å². The number of carbonyl (C=O) groups excluding carboxylic acids is 1. The van der Waals surface area contributed by atoms with Gasteiger partial charge in [-0.15, -0.1) is 0 Å². The molecule has 0 heterocycles. The molecule has 6 nitrogen and oxygen atoms in total. The average molecular weight is 483 g/mol. The van der Waals surface area contributed by atoms with Crippen molar-refractivity contribution < 1.29 is 67.9 Å². The molecule has 0 saturated heterocycles. The van der Waals surface area contributed by atoms with Crippen LogP contribution in [-0.4, -0.2) is 14.4 Å². The third kappa shape index (κ3) is 4.74. The van der Waals surface area contributed by atoms with Crippen LogP contribution in [0.3, 0.4) is 0 Å². The topological polar surface area (TPSA) is 99.1 Å². The first kappa shape index (κ1) is 23.3. The smallest absolute Gasteiger partial charge is 0.267 e. The summed E-state index contributed by atoms with van der Waals surface area (Å²) in [7, 11) is -5.20. The van der Waals surface area contributed by atoms with E-state index in [4.69, 9.17) is 5.73 Å². The standard InChI is InChI=1S/C14H10F5N3O3S.Y/c1-5-2-3-6(4-7(5)21-14(20)23)22-26(24,25)13-11(18)9(16)8(15)10(17)12(13)19;/h2-4,22H,1H3,(H3,20,21,23);/p-1. The van der Waals surface area contributed by atoms with Gasteiger partial charge >= 0.3 is 0 Å². The van der Waals surface area contributed by atoms with Gasteiger partial charge in [-0.25, -0.2) is 30.4 Å². The maximum atomic E-state index is 13.7. The van der Waals surface area contributed by atoms with Crippen LogP contribution in [-0.2, 0) is 42.7 Å². The zero-order valence-corrected chi connectivity index (χ0v) is 17.0. The molecule has 27 heavy (non-hydrogen) atoms. The van der Waals surface area contributed by atoms with Gasteiger partial charge in [-0.1, -0.05) is 6.07 Å². The van der Waals surface area contributed by atoms with Crippen molar-refractivity contribution in [2.24, 2.45) is 0 Å². The average Bonchev–Trinajstić information content (AvgIpc) is 2.53. The van der Waals surface area contributed by atoms with Crippen LogP contribution in [0.4, 0.5) is 38.1 Å². The number of sulfonamides is 1. The summed E-state index contributed by atoms with van der Waals surface area (Å²) in [6.45, 7) is 1.51. The molecule has 0 saturated carbocycles. The van der Waals surface area contributed by atoms with E-state index in [9.17, 15) is 35.2 Å². The van der Waals surface area contributed by atoms with Crippen LogP contribution < -0.4 is 10.0 Å². The summed E-state index contributed by atoms with van der Waals surface area (Å²) in [6.07, 6.45) is 0. The Hall–Kier alpha value is -1.79. The van der Waals surface area contributed by atoms with Crippen LogP contribution in [0.2, 0.25) is 0 Å². The number of benzene rings is 2. The molecule has 2 aromatic rings. The van der Waals surface area contributed by atoms with Gasteiger partial charge in [0.15, 0.2) is 34.2 Å². The summed E-state index contributed by atoms with van der Waals surface area (Å²) in [4.78, 5) is 8.74. The van der Waals surface area contributed by atoms with E-state index in [0.29, 0.717) is 5.56 Å². The van der Waals surface area contributed by atoms with Gasteiger partial charge in [0.25, 0.3) is 10.0 Å². The number of urea groups is 1. The van der Waals surface area contributed by atoms with E-state index in [2.05, 4.69) is 5.32 Å². The monoisotopic (exact) mass is 483 g/mol. The Morgan fingerprint density at radius 1 is 0.963 bits per heavy atom. The third-order valence-electron chi connectivity index (χ3n) is 3.18. The van der Waals surface area contributed by atoms with E-state index in [0.717, 1.165) is 12.1 Å². The van der Waals surface area contributed by atoms with Crippen LogP contribution in [0.25, 0.3) is 5.73 Å². The zero-order chi connectivity index (χ0) is 19.8. The van der Waals surface area contributed by atoms with Crippen molar-refractivity contribution in [3.63, 3.8) is 0 Å². The minimum absolute atomic E-state index is 0. The molecular weight excluding hydrogens is 474 g/mol. The van der Waals surface area contributed by atoms with E-state index < -0.39 is 50.0 Å². The first-order valence-corrected chi connectivity index (χ1v) is 8.11. The maximum absolute atomic E-state index is 13.7. The number of nitrogens with one attached hydrogen (secondary N) is 3. The molecule has 2 aromatic carbocycles. The summed E-state index contributed by atoms with van der Waals surface area (Å²) in [5, 5.41) is 2.06. The molecule has 143 valence electrons. The van der Waals surface area contributed by atoms with Crippen molar-refractivity contribution in [3.8, 4) is 0 Å². The molecule has 0 spiro atoms. The summed E-state index contributed by atoms with van der Waals surface area (Å²) in [5.74, 6) is -12.3. The number of hydrogen-bond donors (Lipinski definition) is 2. The fourth-order valence-electron chi connectivity index (χ4n) is 1.97. The van der Waals surface area contributed by atoms with Crippen molar-refractivity contribution >= 4 is 27.4 Å². The third-order valence-corrected chi connectivity index (χ3v) is 4.58. The molecule has 3 N–H and O–H groups in total. The van der Waals surface area contributed by atoms with Crippen molar-refractivity contribution in [2.45, 2.75) is 11.8 Å². The fourth-order valence-corrected chi connectivity index (χ4v) is 3.16. The van der Waals surface area contributed by atoms with Crippen LogP contribution in [0.15, 0.2) is 23.1 Å². The Kier molecular flexibility index (Phi) is 7.31. The van der Waals surface area contributed by atoms with E-state index in [-0.39, 0.29) is 44.1 Å². The second-order valence-corrected chi connectivity index (χ2v) is 6.61. The summed E-state index contributed by atoms with van der Waals surface area (Å²) in [5.41, 5.74) is 6.89. The quantitative estimate of drug-likeness (QED) is 0.390. The zero-order valence-electron chi connectivity index (χ0n) is 13.3. The Bertz CT molecular complexity index is 989. The van der Waals surface area contributed by atoms with Gasteiger partial charge in [-0.05, 0) is 30.3 Å². The molecule has 13 heteroatoms. The molecule has 0 fully saturated rings. The van der Waals surface area contributed by atoms with Crippen LogP contribution in [0.5, 0.6) is 0 Å². The molecule has 0 aromatic heterocycles. The fraction of sp³-hybridized carbons (Fsp3) is 0.0714. The number of carbonyl (C=O) groups is 1. The maximum Gasteiger partial charge on any atom is 0.267 e. The Morgan fingerprint density at radius 3 is 1.93 bits per heavy atom. The molecule has 2 rings (SSSR count). The minimum atomic E-state index is -5.20. The van der Waals surface area contributed by atoms with E-state index in [1.54, 1.807) is 4.72 Å². The van der Waals surface area contributed by atoms with E-state index in [1.807, 2.05) is 0 Å². The summed E-state index contributed by atoms with van der Waals surface area (Å²) < 4.78 is 92.7. The first-order valence-electron chi connectivity index (χ1n) is 6.63. The van der Waals surface area contributed by atoms with Gasteiger partial charge in [-0.3, -0.25) is 9.52 Å². The van der Waals surface area contributed by atoms with Crippen molar-refractivity contribution in [3.05, 3.63) is 58.6 Å². The summed E-state index contributed by atoms with van der Waals surface area (Å²) >= 11 is 0. The van der Waals surface area contributed by atoms with Gasteiger partial charge in [-0.2, -0.15) is 0 Å². The number of rotatable bonds is 4. The van der Waals surface area contributed by atoms with Crippen LogP contribution >= 0.6 is 0 Å². The van der Waals surface area contributed by atoms with Crippen LogP contribution in [0, 0.1) is 36.0 Å². The van der Waals surface area contributed by atoms with Gasteiger partial charge in [0.2, 0.25) is 5.82 Å². The first-order chi connectivity index (χ1) is 12.0. The number of aryl methyl sites for hydroxylation is 1. The molecule has 1 radical (unpaired) electrons. The molecule has 0 aliphatic rings. The molecule has 0 aliphatic carbocycles. The normalized spacial score (nSPS) is 10.9. The van der Waals surface area contributed by atoms with Crippen molar-refractivity contribution in [1.82, 2.24) is 0 Å². The second-order valence-electron chi connectivity index (χ2n) is 4.99. The Labute approximate surface area is 175 Å². The van der Waals surface area contributed by atoms with Crippen molar-refractivity contribution in [1.29, 1.82) is 0 Å². The predicted molar refractivity (Wildman–Crippen MR) is 81.6 cm³/mol. The van der Waals surface area contributed by atoms with Gasteiger partial charge in [0, 0.05) is 38.4 Å². The summed E-state index contributed by atoms with van der Waals surface area (Å²) in [6, 6.07) is 2.21. The number of anilines is 2. The predicted octanol–water partition coefficient (Wildman–Crippen LogP) is 4.07. The van der Waals surface area contributed by atoms with E-state index in [1.165, 1.54) is 13.0 Å². The Morgan fingerprint density at radius 2 is 1.44 bits per heavy atom. The van der Waals surface area contributed by atoms with Crippen LogP contribution in [0.1, 0.15) is 5.56 Å². The molecule has 2 amide bonds. The number of amides is 2. The largest absolute Gasteiger partial charge is 0.447 e. The SMILES string of the molecule is Cc1ccc(NS(=O)(=O)c2c(F)c(F)c(F)c(F)c2F)cc1NC([NH-])=O.[Y]. The molecule has 0 atom stereocenters.